The van der Waals surface area contributed by atoms with E-state index < -0.39 is 0 Å². The van der Waals surface area contributed by atoms with Crippen LogP contribution in [-0.4, -0.2) is 12.1 Å². The van der Waals surface area contributed by atoms with Gasteiger partial charge in [-0.15, -0.1) is 0 Å². The van der Waals surface area contributed by atoms with Gasteiger partial charge in [0.05, 0.1) is 17.7 Å². The predicted octanol–water partition coefficient (Wildman–Crippen LogP) is 10.8. The fraction of sp³-hybridized carbons (Fsp3) is 0.447. The minimum absolute atomic E-state index is 0.130. The number of rotatable bonds is 3. The number of hydrogen-bond donors (Lipinski definition) is 0. The van der Waals surface area contributed by atoms with Crippen molar-refractivity contribution in [3.63, 3.8) is 0 Å². The van der Waals surface area contributed by atoms with E-state index >= 15 is 0 Å². The van der Waals surface area contributed by atoms with Crippen molar-refractivity contribution in [2.75, 3.05) is 4.90 Å². The van der Waals surface area contributed by atoms with Crippen LogP contribution in [0.25, 0.3) is 6.08 Å². The Labute approximate surface area is 292 Å². The van der Waals surface area contributed by atoms with Crippen LogP contribution in [0.15, 0.2) is 132 Å². The summed E-state index contributed by atoms with van der Waals surface area (Å²) >= 11 is 0. The van der Waals surface area contributed by atoms with Crippen LogP contribution in [0.5, 0.6) is 0 Å². The summed E-state index contributed by atoms with van der Waals surface area (Å²) in [6, 6.07) is 7.42. The molecule has 49 heavy (non-hydrogen) atoms. The molecular formula is C47H49NO. The fourth-order valence-corrected chi connectivity index (χ4v) is 13.2. The smallest absolute Gasteiger partial charge is 0.129 e. The SMILES string of the molecule is C1=CCC2C(=C1)C1(C3C=CC=CC3C3C=CC(N(C4=CC=CC5OC6=C(CCCC6)C45)c4cccc5c4CCC=C5)CC31)C1CCC=CC21. The van der Waals surface area contributed by atoms with E-state index in [1.807, 2.05) is 5.57 Å². The van der Waals surface area contributed by atoms with Crippen LogP contribution in [0.2, 0.25) is 0 Å². The molecule has 248 valence electrons. The third-order valence-corrected chi connectivity index (χ3v) is 14.8. The minimum atomic E-state index is 0.130. The first kappa shape index (κ1) is 29.0. The van der Waals surface area contributed by atoms with Gasteiger partial charge in [-0.1, -0.05) is 103 Å². The van der Waals surface area contributed by atoms with Gasteiger partial charge in [-0.2, -0.15) is 0 Å². The van der Waals surface area contributed by atoms with Crippen molar-refractivity contribution in [2.24, 2.45) is 52.8 Å². The highest BCUT2D eigenvalue weighted by atomic mass is 16.5. The maximum Gasteiger partial charge on any atom is 0.129 e. The molecule has 0 bridgehead atoms. The fourth-order valence-electron chi connectivity index (χ4n) is 13.2. The molecule has 1 heterocycles. The van der Waals surface area contributed by atoms with Crippen LogP contribution in [0.1, 0.15) is 68.9 Å². The van der Waals surface area contributed by atoms with E-state index in [1.54, 1.807) is 5.57 Å². The molecule has 11 atom stereocenters. The highest BCUT2D eigenvalue weighted by molar-refractivity contribution is 5.71. The van der Waals surface area contributed by atoms with Crippen LogP contribution < -0.4 is 4.90 Å². The highest BCUT2D eigenvalue weighted by Gasteiger charge is 2.69. The summed E-state index contributed by atoms with van der Waals surface area (Å²) in [6.45, 7) is 0. The number of nitrogens with zero attached hydrogens (tertiary/aromatic N) is 1. The Bertz CT molecular complexity index is 1890. The second-order valence-corrected chi connectivity index (χ2v) is 16.6. The van der Waals surface area contributed by atoms with Gasteiger partial charge >= 0.3 is 0 Å². The van der Waals surface area contributed by atoms with E-state index in [4.69, 9.17) is 4.74 Å². The quantitative estimate of drug-likeness (QED) is 0.304. The molecular weight excluding hydrogens is 595 g/mol. The van der Waals surface area contributed by atoms with Gasteiger partial charge in [-0.25, -0.2) is 0 Å². The zero-order chi connectivity index (χ0) is 32.1. The Kier molecular flexibility index (Phi) is 6.58. The molecule has 0 radical (unpaired) electrons. The first-order valence-electron chi connectivity index (χ1n) is 19.7. The van der Waals surface area contributed by atoms with E-state index in [0.29, 0.717) is 47.5 Å². The van der Waals surface area contributed by atoms with Crippen molar-refractivity contribution < 1.29 is 4.74 Å². The normalized spacial score (nSPS) is 41.3. The van der Waals surface area contributed by atoms with E-state index in [9.17, 15) is 0 Å². The van der Waals surface area contributed by atoms with Crippen molar-refractivity contribution in [3.8, 4) is 0 Å². The van der Waals surface area contributed by atoms with E-state index in [1.165, 1.54) is 73.2 Å². The predicted molar refractivity (Wildman–Crippen MR) is 200 cm³/mol. The molecule has 2 saturated carbocycles. The van der Waals surface area contributed by atoms with E-state index in [2.05, 4.69) is 120 Å². The minimum Gasteiger partial charge on any atom is -0.490 e. The summed E-state index contributed by atoms with van der Waals surface area (Å²) in [5, 5.41) is 0. The van der Waals surface area contributed by atoms with Gasteiger partial charge in [0, 0.05) is 23.2 Å². The molecule has 2 nitrogen and oxygen atoms in total. The molecule has 9 aliphatic carbocycles. The maximum atomic E-state index is 6.77. The first-order valence-corrected chi connectivity index (χ1v) is 19.7. The lowest BCUT2D eigenvalue weighted by Gasteiger charge is -2.49. The lowest BCUT2D eigenvalue weighted by atomic mass is 9.57. The van der Waals surface area contributed by atoms with Crippen LogP contribution >= 0.6 is 0 Å². The number of benzene rings is 1. The summed E-state index contributed by atoms with van der Waals surface area (Å²) in [6.07, 6.45) is 52.2. The van der Waals surface area contributed by atoms with Crippen molar-refractivity contribution in [1.82, 2.24) is 0 Å². The Morgan fingerprint density at radius 2 is 1.71 bits per heavy atom. The maximum absolute atomic E-state index is 6.77. The van der Waals surface area contributed by atoms with Gasteiger partial charge in [0.2, 0.25) is 0 Å². The molecule has 10 aliphatic rings. The molecule has 2 fully saturated rings. The lowest BCUT2D eigenvalue weighted by molar-refractivity contribution is 0.0911. The molecule has 0 amide bonds. The summed E-state index contributed by atoms with van der Waals surface area (Å²) in [5.41, 5.74) is 9.46. The van der Waals surface area contributed by atoms with Crippen LogP contribution in [-0.2, 0) is 11.2 Å². The highest BCUT2D eigenvalue weighted by Crippen LogP contribution is 2.74. The standard InChI is InChI=1S/C47H49NO/c1-2-15-32-30(13-1)14-11-23-42(32)48(43-24-12-26-45-46(43)37-19-6-10-25-44(37)49-45)31-27-28-36-35-18-5-9-22-40(35)47(41(36)29-31)38-20-7-3-16-33(38)34-17-4-8-21-39(34)47/h1,3-5,7,9,11-14,17-18,20,22-24,26-28,31,33-36,39-41,45-46H,2,6,8,10,15-16,19,21,25,29H2. The monoisotopic (exact) mass is 643 g/mol. The second kappa shape index (κ2) is 11.1. The van der Waals surface area contributed by atoms with Crippen molar-refractivity contribution in [3.05, 3.63) is 143 Å². The molecule has 11 rings (SSSR count). The average molecular weight is 644 g/mol. The number of fused-ring (bicyclic) bond motifs is 13. The zero-order valence-electron chi connectivity index (χ0n) is 28.7. The number of ether oxygens (including phenoxy) is 1. The van der Waals surface area contributed by atoms with Crippen LogP contribution in [0.3, 0.4) is 0 Å². The third-order valence-electron chi connectivity index (χ3n) is 14.8. The van der Waals surface area contributed by atoms with Crippen LogP contribution in [0, 0.1) is 52.8 Å². The number of anilines is 1. The van der Waals surface area contributed by atoms with Crippen molar-refractivity contribution >= 4 is 11.8 Å². The average Bonchev–Trinajstić information content (AvgIpc) is 3.79. The summed E-state index contributed by atoms with van der Waals surface area (Å²) in [4.78, 5) is 2.86. The summed E-state index contributed by atoms with van der Waals surface area (Å²) < 4.78 is 6.77. The van der Waals surface area contributed by atoms with Gasteiger partial charge in [0.1, 0.15) is 6.10 Å². The summed E-state index contributed by atoms with van der Waals surface area (Å²) in [7, 11) is 0. The Morgan fingerprint density at radius 3 is 2.71 bits per heavy atom. The Morgan fingerprint density at radius 1 is 0.755 bits per heavy atom. The Hall–Kier alpha value is -3.78. The number of allylic oxidation sites excluding steroid dienone is 15. The first-order chi connectivity index (χ1) is 24.3. The Balaban J connectivity index is 1.08. The van der Waals surface area contributed by atoms with Crippen molar-refractivity contribution in [2.45, 2.75) is 76.4 Å². The van der Waals surface area contributed by atoms with Gasteiger partial charge < -0.3 is 9.64 Å². The van der Waals surface area contributed by atoms with Crippen LogP contribution in [0.4, 0.5) is 5.69 Å². The molecule has 0 saturated heterocycles. The topological polar surface area (TPSA) is 12.5 Å². The molecule has 1 aliphatic heterocycles. The molecule has 1 aromatic rings. The molecule has 0 N–H and O–H groups in total. The third kappa shape index (κ3) is 4.01. The van der Waals surface area contributed by atoms with Gasteiger partial charge in [0.15, 0.2) is 0 Å². The molecule has 1 spiro atoms. The molecule has 2 heteroatoms. The van der Waals surface area contributed by atoms with Gasteiger partial charge in [-0.3, -0.25) is 0 Å². The zero-order valence-corrected chi connectivity index (χ0v) is 28.7. The van der Waals surface area contributed by atoms with Gasteiger partial charge in [-0.05, 0) is 134 Å². The lowest BCUT2D eigenvalue weighted by Crippen LogP contribution is -2.47. The summed E-state index contributed by atoms with van der Waals surface area (Å²) in [5.74, 6) is 6.07. The molecule has 1 aromatic carbocycles. The number of hydrogen-bond acceptors (Lipinski definition) is 2. The largest absolute Gasteiger partial charge is 0.490 e. The van der Waals surface area contributed by atoms with Gasteiger partial charge in [0.25, 0.3) is 0 Å². The van der Waals surface area contributed by atoms with E-state index in [0.717, 1.165) is 25.2 Å². The molecule has 11 unspecified atom stereocenters. The van der Waals surface area contributed by atoms with E-state index in [-0.39, 0.29) is 11.5 Å². The second-order valence-electron chi connectivity index (χ2n) is 16.6. The van der Waals surface area contributed by atoms with Crippen molar-refractivity contribution in [1.29, 1.82) is 0 Å². The molecule has 0 aromatic heterocycles.